The molecule has 4 unspecified atom stereocenters. The fraction of sp³-hybridized carbons (Fsp3) is 0.387. The number of fused-ring (bicyclic) bond motifs is 2. The second kappa shape index (κ2) is 12.0. The van der Waals surface area contributed by atoms with Crippen molar-refractivity contribution in [2.24, 2.45) is 5.41 Å². The van der Waals surface area contributed by atoms with E-state index in [1.54, 1.807) is 42.6 Å². The summed E-state index contributed by atoms with van der Waals surface area (Å²) in [6, 6.07) is 9.53. The minimum atomic E-state index is -1.44. The second-order valence-electron chi connectivity index (χ2n) is 11.9. The normalized spacial score (nSPS) is 22.8. The average molecular weight is 676 g/mol. The number of halogens is 3. The van der Waals surface area contributed by atoms with Gasteiger partial charge in [0.25, 0.3) is 0 Å². The number of methoxy groups -OCH3 is 1. The molecule has 1 fully saturated rings. The number of amides is 2. The Labute approximate surface area is 262 Å². The number of nitrogens with one attached hydrogen (secondary N) is 3. The Morgan fingerprint density at radius 3 is 2.72 bits per heavy atom. The van der Waals surface area contributed by atoms with Gasteiger partial charge in [0.05, 0.1) is 41.8 Å². The minimum absolute atomic E-state index is 0.0964. The summed E-state index contributed by atoms with van der Waals surface area (Å²) in [7, 11) is 1.46. The van der Waals surface area contributed by atoms with Gasteiger partial charge < -0.3 is 30.5 Å². The topological polar surface area (TPSA) is 122 Å². The zero-order valence-electron chi connectivity index (χ0n) is 24.1. The molecule has 9 nitrogen and oxygen atoms in total. The van der Waals surface area contributed by atoms with Crippen LogP contribution in [0.3, 0.4) is 0 Å². The number of ether oxygens (including phenoxy) is 2. The highest BCUT2D eigenvalue weighted by atomic mass is 79.9. The molecule has 3 aromatic rings. The zero-order valence-corrected chi connectivity index (χ0v) is 26.5. The molecule has 12 heteroatoms. The second-order valence-corrected chi connectivity index (χ2v) is 13.2. The number of aromatic nitrogens is 1. The predicted molar refractivity (Wildman–Crippen MR) is 165 cm³/mol. The van der Waals surface area contributed by atoms with E-state index in [1.165, 1.54) is 13.2 Å². The maximum Gasteiger partial charge on any atom is 0.242 e. The fourth-order valence-electron chi connectivity index (χ4n) is 6.22. The standard InChI is InChI=1S/C31H33BrClFN4O5/c1-30(2,3)14-23-31(27-21(37-29(31)41)12-16(32)15-35-27)24(18-6-5-7-19(33)25(18)34)26(38-23)28(40)36-20-9-8-17(43-11-10-39)13-22(20)42-4/h5-9,12-13,15,23-24,26,38-39H,10-11,14H2,1-4H3,(H,36,40)(H,37,41). The highest BCUT2D eigenvalue weighted by molar-refractivity contribution is 9.10. The molecule has 1 saturated heterocycles. The number of nitrogens with zero attached hydrogens (tertiary/aromatic N) is 1. The summed E-state index contributed by atoms with van der Waals surface area (Å²) in [5.74, 6) is -1.83. The number of carbonyl (C=O) groups is 2. The van der Waals surface area contributed by atoms with E-state index in [4.69, 9.17) is 26.2 Å². The first kappa shape index (κ1) is 31.2. The molecule has 3 heterocycles. The lowest BCUT2D eigenvalue weighted by atomic mass is 9.64. The maximum atomic E-state index is 15.9. The molecule has 0 saturated carbocycles. The number of pyridine rings is 1. The van der Waals surface area contributed by atoms with Gasteiger partial charge in [0.15, 0.2) is 0 Å². The van der Waals surface area contributed by atoms with Gasteiger partial charge in [-0.25, -0.2) is 4.39 Å². The van der Waals surface area contributed by atoms with Crippen molar-refractivity contribution in [1.82, 2.24) is 10.3 Å². The van der Waals surface area contributed by atoms with Gasteiger partial charge >= 0.3 is 0 Å². The van der Waals surface area contributed by atoms with Crippen LogP contribution in [0.25, 0.3) is 0 Å². The number of aliphatic hydroxyl groups excluding tert-OH is 1. The van der Waals surface area contributed by atoms with Crippen LogP contribution in [0.1, 0.15) is 44.4 Å². The number of rotatable bonds is 8. The highest BCUT2D eigenvalue weighted by Crippen LogP contribution is 2.56. The van der Waals surface area contributed by atoms with Crippen molar-refractivity contribution >= 4 is 50.7 Å². The summed E-state index contributed by atoms with van der Waals surface area (Å²) in [5.41, 5.74) is -0.312. The third-order valence-electron chi connectivity index (χ3n) is 7.83. The van der Waals surface area contributed by atoms with E-state index in [0.717, 1.165) is 0 Å². The molecular formula is C31H33BrClFN4O5. The number of aliphatic hydroxyl groups is 1. The maximum absolute atomic E-state index is 15.9. The smallest absolute Gasteiger partial charge is 0.242 e. The Morgan fingerprint density at radius 2 is 2.02 bits per heavy atom. The summed E-state index contributed by atoms with van der Waals surface area (Å²) >= 11 is 9.70. The lowest BCUT2D eigenvalue weighted by Crippen LogP contribution is -2.50. The van der Waals surface area contributed by atoms with Crippen LogP contribution in [0.4, 0.5) is 15.8 Å². The number of carbonyl (C=O) groups excluding carboxylic acids is 2. The fourth-order valence-corrected chi connectivity index (χ4v) is 6.73. The molecule has 2 amide bonds. The quantitative estimate of drug-likeness (QED) is 0.252. The Morgan fingerprint density at radius 1 is 1.26 bits per heavy atom. The van der Waals surface area contributed by atoms with Gasteiger partial charge in [-0.15, -0.1) is 0 Å². The van der Waals surface area contributed by atoms with E-state index in [1.807, 2.05) is 20.8 Å². The number of benzene rings is 2. The third-order valence-corrected chi connectivity index (χ3v) is 8.56. The third kappa shape index (κ3) is 5.71. The van der Waals surface area contributed by atoms with Crippen LogP contribution in [0.5, 0.6) is 11.5 Å². The lowest BCUT2D eigenvalue weighted by Gasteiger charge is -2.37. The van der Waals surface area contributed by atoms with Crippen LogP contribution in [0, 0.1) is 11.2 Å². The van der Waals surface area contributed by atoms with E-state index in [9.17, 15) is 9.59 Å². The molecule has 2 aliphatic heterocycles. The van der Waals surface area contributed by atoms with Crippen LogP contribution in [-0.2, 0) is 15.0 Å². The van der Waals surface area contributed by atoms with E-state index in [0.29, 0.717) is 39.5 Å². The molecule has 1 spiro atoms. The Bertz CT molecular complexity index is 1570. The molecule has 0 bridgehead atoms. The molecule has 0 aliphatic carbocycles. The van der Waals surface area contributed by atoms with Crippen LogP contribution < -0.4 is 25.4 Å². The van der Waals surface area contributed by atoms with Gasteiger partial charge in [-0.2, -0.15) is 0 Å². The molecule has 5 rings (SSSR count). The van der Waals surface area contributed by atoms with Gasteiger partial charge in [-0.3, -0.25) is 14.6 Å². The highest BCUT2D eigenvalue weighted by Gasteiger charge is 2.67. The number of hydrogen-bond acceptors (Lipinski definition) is 7. The van der Waals surface area contributed by atoms with Gasteiger partial charge in [-0.05, 0) is 57.6 Å². The summed E-state index contributed by atoms with van der Waals surface area (Å²) in [6.07, 6.45) is 2.07. The SMILES string of the molecule is COc1cc(OCCO)ccc1NC(=O)C1NC(CC(C)(C)C)C2(C(=O)Nc3cc(Br)cnc32)C1c1cccc(Cl)c1F. The van der Waals surface area contributed by atoms with Crippen molar-refractivity contribution < 1.29 is 28.6 Å². The Kier molecular flexibility index (Phi) is 8.72. The summed E-state index contributed by atoms with van der Waals surface area (Å²) < 4.78 is 27.6. The van der Waals surface area contributed by atoms with Gasteiger partial charge in [0.2, 0.25) is 11.8 Å². The predicted octanol–water partition coefficient (Wildman–Crippen LogP) is 5.41. The van der Waals surface area contributed by atoms with Gasteiger partial charge in [0.1, 0.15) is 29.3 Å². The van der Waals surface area contributed by atoms with Gasteiger partial charge in [-0.1, -0.05) is 44.5 Å². The van der Waals surface area contributed by atoms with Crippen LogP contribution in [-0.4, -0.2) is 54.3 Å². The van der Waals surface area contributed by atoms with Crippen molar-refractivity contribution in [3.8, 4) is 11.5 Å². The lowest BCUT2D eigenvalue weighted by molar-refractivity contribution is -0.122. The van der Waals surface area contributed by atoms with Crippen molar-refractivity contribution in [2.45, 2.75) is 50.6 Å². The molecule has 2 aromatic carbocycles. The first-order valence-electron chi connectivity index (χ1n) is 13.8. The summed E-state index contributed by atoms with van der Waals surface area (Å²) in [6.45, 7) is 6.06. The number of hydrogen-bond donors (Lipinski definition) is 4. The van der Waals surface area contributed by atoms with Crippen molar-refractivity contribution in [1.29, 1.82) is 0 Å². The monoisotopic (exact) mass is 674 g/mol. The van der Waals surface area contributed by atoms with E-state index >= 15 is 4.39 Å². The van der Waals surface area contributed by atoms with Crippen LogP contribution in [0.2, 0.25) is 5.02 Å². The minimum Gasteiger partial charge on any atom is -0.494 e. The molecule has 43 heavy (non-hydrogen) atoms. The van der Waals surface area contributed by atoms with E-state index in [-0.39, 0.29) is 35.1 Å². The molecule has 228 valence electrons. The first-order chi connectivity index (χ1) is 20.4. The summed E-state index contributed by atoms with van der Waals surface area (Å²) in [4.78, 5) is 33.2. The van der Waals surface area contributed by atoms with Crippen LogP contribution >= 0.6 is 27.5 Å². The van der Waals surface area contributed by atoms with E-state index < -0.39 is 35.1 Å². The van der Waals surface area contributed by atoms with Crippen molar-refractivity contribution in [2.75, 3.05) is 31.0 Å². The molecular weight excluding hydrogens is 643 g/mol. The average Bonchev–Trinajstić information content (AvgIpc) is 3.42. The Balaban J connectivity index is 1.66. The molecule has 4 atom stereocenters. The zero-order chi connectivity index (χ0) is 31.1. The van der Waals surface area contributed by atoms with Crippen molar-refractivity contribution in [3.63, 3.8) is 0 Å². The molecule has 4 N–H and O–H groups in total. The van der Waals surface area contributed by atoms with Gasteiger partial charge in [0, 0.05) is 28.7 Å². The Hall–Kier alpha value is -3.25. The number of anilines is 2. The summed E-state index contributed by atoms with van der Waals surface area (Å²) in [5, 5.41) is 18.3. The largest absolute Gasteiger partial charge is 0.494 e. The van der Waals surface area contributed by atoms with Crippen LogP contribution in [0.15, 0.2) is 53.1 Å². The van der Waals surface area contributed by atoms with Crippen molar-refractivity contribution in [3.05, 3.63) is 75.2 Å². The molecule has 2 aliphatic rings. The molecule has 0 radical (unpaired) electrons. The molecule has 1 aromatic heterocycles. The first-order valence-corrected chi connectivity index (χ1v) is 15.0. The van der Waals surface area contributed by atoms with E-state index in [2.05, 4.69) is 36.9 Å².